The van der Waals surface area contributed by atoms with Crippen LogP contribution < -0.4 is 0 Å². The number of carbonyl (C=O) groups is 2. The maximum absolute atomic E-state index is 12.6. The highest BCUT2D eigenvalue weighted by Gasteiger charge is 2.14. The molecule has 1 atom stereocenters. The second-order valence-electron chi connectivity index (χ2n) is 12.4. The van der Waals surface area contributed by atoms with Crippen LogP contribution in [-0.2, 0) is 14.3 Å². The Balaban J connectivity index is 4.06. The summed E-state index contributed by atoms with van der Waals surface area (Å²) in [5.41, 5.74) is 0. The van der Waals surface area contributed by atoms with Crippen LogP contribution in [0, 0.1) is 0 Å². The zero-order valence-corrected chi connectivity index (χ0v) is 29.0. The number of carboxylic acid groups (broad SMARTS) is 1. The summed E-state index contributed by atoms with van der Waals surface area (Å²) in [6.07, 6.45) is 47.1. The quantitative estimate of drug-likeness (QED) is 0.0454. The monoisotopic (exact) mass is 615 g/mol. The van der Waals surface area contributed by atoms with Gasteiger partial charge in [-0.25, -0.2) is 0 Å². The minimum Gasteiger partial charge on any atom is -0.481 e. The van der Waals surface area contributed by atoms with E-state index in [0.717, 1.165) is 83.5 Å². The number of ether oxygens (including phenoxy) is 1. The first-order valence-electron chi connectivity index (χ1n) is 18.6. The van der Waals surface area contributed by atoms with E-state index in [1.165, 1.54) is 77.0 Å². The summed E-state index contributed by atoms with van der Waals surface area (Å²) >= 11 is 0. The molecule has 1 N–H and O–H groups in total. The fourth-order valence-corrected chi connectivity index (χ4v) is 5.35. The van der Waals surface area contributed by atoms with E-state index < -0.39 is 5.97 Å². The molecule has 1 unspecified atom stereocenters. The Morgan fingerprint density at radius 1 is 0.523 bits per heavy atom. The average Bonchev–Trinajstić information content (AvgIpc) is 3.01. The molecule has 0 aliphatic carbocycles. The molecular weight excluding hydrogens is 544 g/mol. The number of aliphatic carboxylic acids is 1. The van der Waals surface area contributed by atoms with Gasteiger partial charge in [-0.1, -0.05) is 146 Å². The molecular formula is C40H70O4. The molecule has 0 saturated carbocycles. The van der Waals surface area contributed by atoms with Gasteiger partial charge in [0.2, 0.25) is 0 Å². The Morgan fingerprint density at radius 3 is 1.45 bits per heavy atom. The van der Waals surface area contributed by atoms with Gasteiger partial charge in [-0.15, -0.1) is 0 Å². The minimum absolute atomic E-state index is 0.00510. The van der Waals surface area contributed by atoms with Gasteiger partial charge in [0, 0.05) is 12.8 Å². The number of rotatable bonds is 33. The smallest absolute Gasteiger partial charge is 0.306 e. The van der Waals surface area contributed by atoms with Crippen molar-refractivity contribution < 1.29 is 19.4 Å². The molecule has 0 aromatic rings. The molecule has 44 heavy (non-hydrogen) atoms. The van der Waals surface area contributed by atoms with Gasteiger partial charge < -0.3 is 9.84 Å². The fraction of sp³-hybridized carbons (Fsp3) is 0.750. The fourth-order valence-electron chi connectivity index (χ4n) is 5.35. The number of allylic oxidation sites excluding steroid dienone is 8. The molecule has 0 amide bonds. The van der Waals surface area contributed by atoms with Gasteiger partial charge in [0.15, 0.2) is 0 Å². The molecule has 254 valence electrons. The van der Waals surface area contributed by atoms with E-state index in [2.05, 4.69) is 62.5 Å². The second-order valence-corrected chi connectivity index (χ2v) is 12.4. The Kier molecular flexibility index (Phi) is 33.7. The molecule has 0 aliphatic heterocycles. The second kappa shape index (κ2) is 35.4. The van der Waals surface area contributed by atoms with Crippen LogP contribution in [0.1, 0.15) is 187 Å². The van der Waals surface area contributed by atoms with Crippen LogP contribution in [0.5, 0.6) is 0 Å². The van der Waals surface area contributed by atoms with Gasteiger partial charge in [-0.3, -0.25) is 9.59 Å². The maximum Gasteiger partial charge on any atom is 0.306 e. The van der Waals surface area contributed by atoms with Crippen molar-refractivity contribution in [1.29, 1.82) is 0 Å². The first-order valence-corrected chi connectivity index (χ1v) is 18.6. The normalized spacial score (nSPS) is 12.8. The third-order valence-electron chi connectivity index (χ3n) is 8.07. The summed E-state index contributed by atoms with van der Waals surface area (Å²) < 4.78 is 5.99. The van der Waals surface area contributed by atoms with E-state index in [0.29, 0.717) is 12.8 Å². The lowest BCUT2D eigenvalue weighted by Gasteiger charge is -2.18. The van der Waals surface area contributed by atoms with E-state index in [9.17, 15) is 9.59 Å². The molecule has 4 heteroatoms. The van der Waals surface area contributed by atoms with Crippen LogP contribution in [-0.4, -0.2) is 23.1 Å². The van der Waals surface area contributed by atoms with Crippen LogP contribution in [0.2, 0.25) is 0 Å². The Bertz CT molecular complexity index is 748. The Hall–Kier alpha value is -2.10. The lowest BCUT2D eigenvalue weighted by Crippen LogP contribution is -2.18. The molecule has 0 aliphatic rings. The molecule has 0 saturated heterocycles. The zero-order valence-electron chi connectivity index (χ0n) is 29.0. The summed E-state index contributed by atoms with van der Waals surface area (Å²) in [6, 6.07) is 0. The zero-order chi connectivity index (χ0) is 32.2. The summed E-state index contributed by atoms with van der Waals surface area (Å²) in [5, 5.41) is 8.70. The topological polar surface area (TPSA) is 63.6 Å². The van der Waals surface area contributed by atoms with Crippen molar-refractivity contribution in [2.75, 3.05) is 0 Å². The van der Waals surface area contributed by atoms with Crippen molar-refractivity contribution in [1.82, 2.24) is 0 Å². The van der Waals surface area contributed by atoms with E-state index >= 15 is 0 Å². The van der Waals surface area contributed by atoms with E-state index in [4.69, 9.17) is 9.84 Å². The lowest BCUT2D eigenvalue weighted by atomic mass is 10.0. The highest BCUT2D eigenvalue weighted by atomic mass is 16.5. The van der Waals surface area contributed by atoms with Crippen molar-refractivity contribution in [3.05, 3.63) is 48.6 Å². The van der Waals surface area contributed by atoms with Crippen molar-refractivity contribution in [3.63, 3.8) is 0 Å². The first-order chi connectivity index (χ1) is 21.6. The van der Waals surface area contributed by atoms with Crippen molar-refractivity contribution in [2.45, 2.75) is 193 Å². The van der Waals surface area contributed by atoms with Crippen LogP contribution in [0.15, 0.2) is 48.6 Å². The lowest BCUT2D eigenvalue weighted by molar-refractivity contribution is -0.150. The number of unbranched alkanes of at least 4 members (excludes halogenated alkanes) is 16. The summed E-state index contributed by atoms with van der Waals surface area (Å²) in [7, 11) is 0. The molecule has 4 nitrogen and oxygen atoms in total. The molecule has 0 aromatic heterocycles. The predicted octanol–water partition coefficient (Wildman–Crippen LogP) is 12.8. The Labute approximate surface area is 272 Å². The minimum atomic E-state index is -0.678. The van der Waals surface area contributed by atoms with Gasteiger partial charge in [0.25, 0.3) is 0 Å². The molecule has 0 heterocycles. The molecule has 0 aromatic carbocycles. The summed E-state index contributed by atoms with van der Waals surface area (Å²) in [5.74, 6) is -0.683. The van der Waals surface area contributed by atoms with Gasteiger partial charge in [-0.05, 0) is 77.0 Å². The average molecular weight is 615 g/mol. The van der Waals surface area contributed by atoms with Crippen molar-refractivity contribution in [2.24, 2.45) is 0 Å². The number of hydrogen-bond donors (Lipinski definition) is 1. The van der Waals surface area contributed by atoms with Crippen LogP contribution >= 0.6 is 0 Å². The van der Waals surface area contributed by atoms with Crippen molar-refractivity contribution >= 4 is 11.9 Å². The molecule has 0 radical (unpaired) electrons. The van der Waals surface area contributed by atoms with Crippen LogP contribution in [0.4, 0.5) is 0 Å². The van der Waals surface area contributed by atoms with Crippen LogP contribution in [0.25, 0.3) is 0 Å². The maximum atomic E-state index is 12.6. The molecule has 0 fully saturated rings. The SMILES string of the molecule is CC/C=C\C/C=C\C/C=C\C/C=C\CCCCC(=O)OC(CCCCCCCC)CCCCCCCCCCCCC(=O)O. The summed E-state index contributed by atoms with van der Waals surface area (Å²) in [4.78, 5) is 23.2. The van der Waals surface area contributed by atoms with E-state index in [1.807, 2.05) is 0 Å². The molecule has 0 bridgehead atoms. The van der Waals surface area contributed by atoms with Gasteiger partial charge >= 0.3 is 11.9 Å². The standard InChI is InChI=1S/C40H70O4/c1-3-5-7-9-11-12-13-14-15-16-17-22-25-29-33-37-40(43)44-38(34-30-26-10-8-6-4-2)35-31-27-23-20-18-19-21-24-28-32-36-39(41)42/h5,7,11-12,14-15,17,22,38H,3-4,6,8-10,13,16,18-21,23-37H2,1-2H3,(H,41,42)/b7-5-,12-11-,15-14-,22-17-. The largest absolute Gasteiger partial charge is 0.481 e. The van der Waals surface area contributed by atoms with E-state index in [-0.39, 0.29) is 12.1 Å². The van der Waals surface area contributed by atoms with Crippen LogP contribution in [0.3, 0.4) is 0 Å². The number of esters is 1. The number of hydrogen-bond acceptors (Lipinski definition) is 3. The highest BCUT2D eigenvalue weighted by molar-refractivity contribution is 5.69. The van der Waals surface area contributed by atoms with Gasteiger partial charge in [-0.2, -0.15) is 0 Å². The third kappa shape index (κ3) is 34.4. The predicted molar refractivity (Wildman–Crippen MR) is 190 cm³/mol. The third-order valence-corrected chi connectivity index (χ3v) is 8.07. The molecule has 0 spiro atoms. The highest BCUT2D eigenvalue weighted by Crippen LogP contribution is 2.18. The van der Waals surface area contributed by atoms with E-state index in [1.54, 1.807) is 0 Å². The van der Waals surface area contributed by atoms with Crippen molar-refractivity contribution in [3.8, 4) is 0 Å². The summed E-state index contributed by atoms with van der Waals surface area (Å²) in [6.45, 7) is 4.41. The molecule has 0 rings (SSSR count). The number of carboxylic acids is 1. The van der Waals surface area contributed by atoms with Gasteiger partial charge in [0.1, 0.15) is 6.10 Å². The van der Waals surface area contributed by atoms with Gasteiger partial charge in [0.05, 0.1) is 0 Å². The number of carbonyl (C=O) groups excluding carboxylic acids is 1. The Morgan fingerprint density at radius 2 is 0.955 bits per heavy atom. The first kappa shape index (κ1) is 41.9.